The first kappa shape index (κ1) is 17.6. The molecular formula is C19H27N5O. The van der Waals surface area contributed by atoms with E-state index in [1.165, 1.54) is 0 Å². The van der Waals surface area contributed by atoms with Crippen LogP contribution in [0.2, 0.25) is 0 Å². The van der Waals surface area contributed by atoms with Gasteiger partial charge >= 0.3 is 0 Å². The van der Waals surface area contributed by atoms with Crippen LogP contribution in [0.1, 0.15) is 63.3 Å². The predicted molar refractivity (Wildman–Crippen MR) is 96.8 cm³/mol. The van der Waals surface area contributed by atoms with Crippen LogP contribution in [0.15, 0.2) is 12.1 Å². The highest BCUT2D eigenvalue weighted by Crippen LogP contribution is 2.33. The van der Waals surface area contributed by atoms with Crippen molar-refractivity contribution in [3.8, 4) is 11.4 Å². The molecule has 3 rings (SSSR count). The van der Waals surface area contributed by atoms with Crippen molar-refractivity contribution in [2.75, 3.05) is 6.54 Å². The zero-order valence-electron chi connectivity index (χ0n) is 15.8. The number of carbonyl (C=O) groups excluding carboxylic acids is 1. The summed E-state index contributed by atoms with van der Waals surface area (Å²) in [4.78, 5) is 24.3. The number of nitrogens with zero attached hydrogens (tertiary/aromatic N) is 4. The SMILES string of the molecule is Cc1cc(-c2cc(C)[nH]n2)nc([C@@H]2CCCCN2C(=O)C(C)(C)C)n1. The van der Waals surface area contributed by atoms with Gasteiger partial charge in [0.1, 0.15) is 5.69 Å². The summed E-state index contributed by atoms with van der Waals surface area (Å²) in [5.74, 6) is 0.896. The smallest absolute Gasteiger partial charge is 0.228 e. The summed E-state index contributed by atoms with van der Waals surface area (Å²) in [6.07, 6.45) is 3.03. The van der Waals surface area contributed by atoms with E-state index in [0.717, 1.165) is 54.4 Å². The third kappa shape index (κ3) is 3.72. The molecule has 0 aliphatic carbocycles. The molecule has 1 aliphatic heterocycles. The number of H-pyrrole nitrogens is 1. The molecule has 1 atom stereocenters. The molecule has 2 aromatic rings. The van der Waals surface area contributed by atoms with Crippen LogP contribution in [0.4, 0.5) is 0 Å². The van der Waals surface area contributed by atoms with E-state index in [1.807, 2.05) is 51.7 Å². The average molecular weight is 341 g/mol. The second kappa shape index (κ2) is 6.58. The molecule has 2 aromatic heterocycles. The Balaban J connectivity index is 1.98. The van der Waals surface area contributed by atoms with Gasteiger partial charge in [0.25, 0.3) is 0 Å². The number of aromatic nitrogens is 4. The van der Waals surface area contributed by atoms with Gasteiger partial charge in [0.15, 0.2) is 5.82 Å². The molecule has 0 bridgehead atoms. The molecule has 1 saturated heterocycles. The molecular weight excluding hydrogens is 314 g/mol. The lowest BCUT2D eigenvalue weighted by atomic mass is 9.91. The Bertz CT molecular complexity index is 774. The van der Waals surface area contributed by atoms with Gasteiger partial charge in [-0.3, -0.25) is 9.89 Å². The maximum Gasteiger partial charge on any atom is 0.228 e. The molecule has 1 aliphatic rings. The molecule has 25 heavy (non-hydrogen) atoms. The number of amides is 1. The minimum absolute atomic E-state index is 0.0563. The molecule has 0 aromatic carbocycles. The number of likely N-dealkylation sites (tertiary alicyclic amines) is 1. The minimum atomic E-state index is -0.401. The van der Waals surface area contributed by atoms with Crippen LogP contribution in [0.25, 0.3) is 11.4 Å². The van der Waals surface area contributed by atoms with Crippen LogP contribution in [0.3, 0.4) is 0 Å². The highest BCUT2D eigenvalue weighted by atomic mass is 16.2. The van der Waals surface area contributed by atoms with E-state index in [0.29, 0.717) is 0 Å². The maximum absolute atomic E-state index is 12.9. The fourth-order valence-electron chi connectivity index (χ4n) is 3.29. The van der Waals surface area contributed by atoms with Crippen molar-refractivity contribution in [1.29, 1.82) is 0 Å². The third-order valence-electron chi connectivity index (χ3n) is 4.54. The van der Waals surface area contributed by atoms with Gasteiger partial charge in [-0.25, -0.2) is 9.97 Å². The van der Waals surface area contributed by atoms with Crippen LogP contribution < -0.4 is 0 Å². The van der Waals surface area contributed by atoms with Crippen LogP contribution in [0, 0.1) is 19.3 Å². The fourth-order valence-corrected chi connectivity index (χ4v) is 3.29. The van der Waals surface area contributed by atoms with E-state index in [-0.39, 0.29) is 11.9 Å². The summed E-state index contributed by atoms with van der Waals surface area (Å²) < 4.78 is 0. The summed E-state index contributed by atoms with van der Waals surface area (Å²) in [5.41, 5.74) is 3.11. The molecule has 6 heteroatoms. The molecule has 1 amide bonds. The van der Waals surface area contributed by atoms with Gasteiger partial charge in [-0.05, 0) is 45.2 Å². The number of hydrogen-bond acceptors (Lipinski definition) is 4. The zero-order valence-corrected chi connectivity index (χ0v) is 15.8. The monoisotopic (exact) mass is 341 g/mol. The molecule has 0 radical (unpaired) electrons. The minimum Gasteiger partial charge on any atom is -0.332 e. The summed E-state index contributed by atoms with van der Waals surface area (Å²) in [6, 6.07) is 3.86. The molecule has 134 valence electrons. The van der Waals surface area contributed by atoms with Crippen LogP contribution in [0.5, 0.6) is 0 Å². The molecule has 1 N–H and O–H groups in total. The lowest BCUT2D eigenvalue weighted by molar-refractivity contribution is -0.143. The molecule has 1 fully saturated rings. The van der Waals surface area contributed by atoms with Gasteiger partial charge < -0.3 is 4.90 Å². The highest BCUT2D eigenvalue weighted by molar-refractivity contribution is 5.82. The molecule has 0 spiro atoms. The largest absolute Gasteiger partial charge is 0.332 e. The van der Waals surface area contributed by atoms with E-state index in [4.69, 9.17) is 4.98 Å². The molecule has 6 nitrogen and oxygen atoms in total. The van der Waals surface area contributed by atoms with E-state index in [9.17, 15) is 4.79 Å². The first-order chi connectivity index (χ1) is 11.8. The van der Waals surface area contributed by atoms with E-state index >= 15 is 0 Å². The lowest BCUT2D eigenvalue weighted by Gasteiger charge is -2.38. The Labute approximate surface area is 149 Å². The lowest BCUT2D eigenvalue weighted by Crippen LogP contribution is -2.44. The quantitative estimate of drug-likeness (QED) is 0.906. The second-order valence-electron chi connectivity index (χ2n) is 7.95. The van der Waals surface area contributed by atoms with E-state index in [1.54, 1.807) is 0 Å². The van der Waals surface area contributed by atoms with Crippen molar-refractivity contribution in [3.05, 3.63) is 29.3 Å². The van der Waals surface area contributed by atoms with Crippen LogP contribution >= 0.6 is 0 Å². The van der Waals surface area contributed by atoms with E-state index < -0.39 is 5.41 Å². The number of piperidine rings is 1. The number of hydrogen-bond donors (Lipinski definition) is 1. The standard InChI is InChI=1S/C19H27N5O/c1-12-10-14(15-11-13(2)22-23-15)21-17(20-12)16-8-6-7-9-24(16)18(25)19(3,4)5/h10-11,16H,6-9H2,1-5H3,(H,22,23)/t16-/m0/s1. The third-order valence-corrected chi connectivity index (χ3v) is 4.54. The number of rotatable bonds is 2. The van der Waals surface area contributed by atoms with Crippen molar-refractivity contribution in [1.82, 2.24) is 25.1 Å². The van der Waals surface area contributed by atoms with Crippen molar-refractivity contribution in [3.63, 3.8) is 0 Å². The first-order valence-corrected chi connectivity index (χ1v) is 8.95. The Morgan fingerprint density at radius 3 is 2.56 bits per heavy atom. The predicted octanol–water partition coefficient (Wildman–Crippen LogP) is 3.58. The number of carbonyl (C=O) groups is 1. The van der Waals surface area contributed by atoms with Crippen molar-refractivity contribution >= 4 is 5.91 Å². The summed E-state index contributed by atoms with van der Waals surface area (Å²) in [6.45, 7) is 10.6. The zero-order chi connectivity index (χ0) is 18.2. The molecule has 3 heterocycles. The van der Waals surface area contributed by atoms with Gasteiger partial charge in [-0.1, -0.05) is 20.8 Å². The van der Waals surface area contributed by atoms with Crippen molar-refractivity contribution < 1.29 is 4.79 Å². The van der Waals surface area contributed by atoms with Gasteiger partial charge in [0.05, 0.1) is 11.7 Å². The number of aryl methyl sites for hydroxylation is 2. The highest BCUT2D eigenvalue weighted by Gasteiger charge is 2.35. The number of nitrogens with one attached hydrogen (secondary N) is 1. The Hall–Kier alpha value is -2.24. The second-order valence-corrected chi connectivity index (χ2v) is 7.95. The maximum atomic E-state index is 12.9. The molecule has 0 unspecified atom stereocenters. The van der Waals surface area contributed by atoms with Crippen LogP contribution in [-0.2, 0) is 4.79 Å². The van der Waals surface area contributed by atoms with Crippen molar-refractivity contribution in [2.24, 2.45) is 5.41 Å². The normalized spacial score (nSPS) is 18.4. The topological polar surface area (TPSA) is 74.8 Å². The van der Waals surface area contributed by atoms with E-state index in [2.05, 4.69) is 15.2 Å². The average Bonchev–Trinajstić information content (AvgIpc) is 2.99. The molecule has 0 saturated carbocycles. The summed E-state index contributed by atoms with van der Waals surface area (Å²) in [5, 5.41) is 7.27. The van der Waals surface area contributed by atoms with Crippen LogP contribution in [-0.4, -0.2) is 37.5 Å². The van der Waals surface area contributed by atoms with Gasteiger partial charge in [-0.2, -0.15) is 5.10 Å². The first-order valence-electron chi connectivity index (χ1n) is 8.95. The summed E-state index contributed by atoms with van der Waals surface area (Å²) >= 11 is 0. The van der Waals surface area contributed by atoms with Crippen molar-refractivity contribution in [2.45, 2.75) is 59.9 Å². The summed E-state index contributed by atoms with van der Waals surface area (Å²) in [7, 11) is 0. The Kier molecular flexibility index (Phi) is 4.62. The fraction of sp³-hybridized carbons (Fsp3) is 0.579. The number of aromatic amines is 1. The van der Waals surface area contributed by atoms with Gasteiger partial charge in [-0.15, -0.1) is 0 Å². The van der Waals surface area contributed by atoms with Gasteiger partial charge in [0, 0.05) is 23.3 Å². The Morgan fingerprint density at radius 2 is 1.92 bits per heavy atom. The van der Waals surface area contributed by atoms with Gasteiger partial charge in [0.2, 0.25) is 5.91 Å². The Morgan fingerprint density at radius 1 is 1.16 bits per heavy atom.